The van der Waals surface area contributed by atoms with Crippen molar-refractivity contribution in [3.63, 3.8) is 0 Å². The van der Waals surface area contributed by atoms with E-state index in [9.17, 15) is 0 Å². The summed E-state index contributed by atoms with van der Waals surface area (Å²) in [6, 6.07) is 0. The Kier molecular flexibility index (Phi) is 8.73. The van der Waals surface area contributed by atoms with Crippen molar-refractivity contribution in [1.82, 2.24) is 4.90 Å². The maximum Gasteiger partial charge on any atom is 1.00 e. The Bertz CT molecular complexity index is 122. The molecule has 0 radical (unpaired) electrons. The first-order valence-corrected chi connectivity index (χ1v) is 4.85. The molecule has 1 saturated heterocycles. The van der Waals surface area contributed by atoms with E-state index >= 15 is 0 Å². The molecular weight excluding hydrogens is 189 g/mol. The third-order valence-electron chi connectivity index (χ3n) is 2.37. The minimum absolute atomic E-state index is 0. The Balaban J connectivity index is 0.00000144. The third-order valence-corrected chi connectivity index (χ3v) is 2.37. The van der Waals surface area contributed by atoms with E-state index in [2.05, 4.69) is 25.8 Å². The second kappa shape index (κ2) is 7.80. The Morgan fingerprint density at radius 3 is 2.38 bits per heavy atom. The van der Waals surface area contributed by atoms with Crippen LogP contribution in [0.5, 0.6) is 0 Å². The largest absolute Gasteiger partial charge is 1.00 e. The smallest absolute Gasteiger partial charge is 0.459 e. The molecule has 0 N–H and O–H groups in total. The van der Waals surface area contributed by atoms with Crippen LogP contribution in [-0.2, 0) is 4.74 Å². The van der Waals surface area contributed by atoms with Gasteiger partial charge in [0.25, 0.3) is 0 Å². The standard InChI is InChI=1S/C10H20NO.K/c1-9(2)12-8-10-4-6-11(3)7-5-10;/h9-10H,3-8H2,1-2H3;/q-1;+1. The Labute approximate surface area is 125 Å². The maximum atomic E-state index is 5.58. The molecule has 72 valence electrons. The number of rotatable bonds is 3. The van der Waals surface area contributed by atoms with Gasteiger partial charge in [-0.3, -0.25) is 7.05 Å². The summed E-state index contributed by atoms with van der Waals surface area (Å²) in [6.07, 6.45) is 2.87. The van der Waals surface area contributed by atoms with Gasteiger partial charge in [0.15, 0.2) is 0 Å². The van der Waals surface area contributed by atoms with E-state index in [1.807, 2.05) is 0 Å². The minimum Gasteiger partial charge on any atom is -0.459 e. The van der Waals surface area contributed by atoms with Crippen LogP contribution in [0.15, 0.2) is 0 Å². The van der Waals surface area contributed by atoms with E-state index in [0.29, 0.717) is 6.10 Å². The van der Waals surface area contributed by atoms with Crippen molar-refractivity contribution in [3.8, 4) is 0 Å². The van der Waals surface area contributed by atoms with Gasteiger partial charge in [0, 0.05) is 6.61 Å². The van der Waals surface area contributed by atoms with E-state index in [-0.39, 0.29) is 51.4 Å². The average Bonchev–Trinajstić information content (AvgIpc) is 2.03. The molecule has 2 nitrogen and oxygen atoms in total. The molecule has 3 heteroatoms. The van der Waals surface area contributed by atoms with Gasteiger partial charge < -0.3 is 9.64 Å². The van der Waals surface area contributed by atoms with Crippen LogP contribution >= 0.6 is 0 Å². The third kappa shape index (κ3) is 6.60. The molecule has 0 amide bonds. The van der Waals surface area contributed by atoms with E-state index in [1.54, 1.807) is 0 Å². The average molecular weight is 209 g/mol. The molecule has 1 fully saturated rings. The number of hydrogen-bond acceptors (Lipinski definition) is 2. The molecule has 0 bridgehead atoms. The van der Waals surface area contributed by atoms with Gasteiger partial charge in [-0.2, -0.15) is 0 Å². The second-order valence-corrected chi connectivity index (χ2v) is 3.94. The van der Waals surface area contributed by atoms with Gasteiger partial charge in [0.2, 0.25) is 0 Å². The first kappa shape index (κ1) is 14.6. The van der Waals surface area contributed by atoms with Crippen LogP contribution < -0.4 is 51.4 Å². The fourth-order valence-corrected chi connectivity index (χ4v) is 1.48. The summed E-state index contributed by atoms with van der Waals surface area (Å²) in [5, 5.41) is 0. The summed E-state index contributed by atoms with van der Waals surface area (Å²) in [4.78, 5) is 2.14. The molecule has 0 unspecified atom stereocenters. The van der Waals surface area contributed by atoms with Gasteiger partial charge in [0.05, 0.1) is 6.10 Å². The fourth-order valence-electron chi connectivity index (χ4n) is 1.48. The van der Waals surface area contributed by atoms with Gasteiger partial charge in [-0.1, -0.05) is 0 Å². The molecule has 1 rings (SSSR count). The molecule has 0 aromatic carbocycles. The molecule has 0 aliphatic carbocycles. The zero-order valence-corrected chi connectivity index (χ0v) is 12.4. The SMILES string of the molecule is [CH2-]N1CCC(COC(C)C)CC1.[K+]. The van der Waals surface area contributed by atoms with Crippen molar-refractivity contribution in [2.75, 3.05) is 19.7 Å². The summed E-state index contributed by atoms with van der Waals surface area (Å²) >= 11 is 0. The molecule has 0 aromatic rings. The topological polar surface area (TPSA) is 12.5 Å². The van der Waals surface area contributed by atoms with E-state index in [4.69, 9.17) is 4.74 Å². The van der Waals surface area contributed by atoms with Crippen molar-refractivity contribution in [3.05, 3.63) is 7.05 Å². The maximum absolute atomic E-state index is 5.58. The predicted molar refractivity (Wildman–Crippen MR) is 50.7 cm³/mol. The number of likely N-dealkylation sites (tertiary alicyclic amines) is 1. The molecule has 0 spiro atoms. The van der Waals surface area contributed by atoms with Gasteiger partial charge in [0.1, 0.15) is 0 Å². The number of ether oxygens (including phenoxy) is 1. The molecule has 0 atom stereocenters. The van der Waals surface area contributed by atoms with Crippen molar-refractivity contribution in [2.24, 2.45) is 5.92 Å². The number of piperidine rings is 1. The molecular formula is C10H20KNO. The monoisotopic (exact) mass is 209 g/mol. The van der Waals surface area contributed by atoms with Crippen molar-refractivity contribution in [2.45, 2.75) is 32.8 Å². The molecule has 0 saturated carbocycles. The first-order chi connectivity index (χ1) is 5.68. The normalized spacial score (nSPS) is 20.3. The van der Waals surface area contributed by atoms with Crippen LogP contribution in [0.1, 0.15) is 26.7 Å². The minimum atomic E-state index is 0. The van der Waals surface area contributed by atoms with Crippen LogP contribution in [0.2, 0.25) is 0 Å². The van der Waals surface area contributed by atoms with E-state index in [1.165, 1.54) is 12.8 Å². The summed E-state index contributed by atoms with van der Waals surface area (Å²) in [5.74, 6) is 0.769. The molecule has 13 heavy (non-hydrogen) atoms. The van der Waals surface area contributed by atoms with Crippen LogP contribution in [-0.4, -0.2) is 30.7 Å². The van der Waals surface area contributed by atoms with Crippen molar-refractivity contribution in [1.29, 1.82) is 0 Å². The summed E-state index contributed by atoms with van der Waals surface area (Å²) < 4.78 is 5.58. The molecule has 1 aliphatic heterocycles. The Morgan fingerprint density at radius 2 is 1.92 bits per heavy atom. The fraction of sp³-hybridized carbons (Fsp3) is 0.900. The molecule has 1 aliphatic rings. The van der Waals surface area contributed by atoms with Crippen molar-refractivity contribution >= 4 is 0 Å². The summed E-state index contributed by atoms with van der Waals surface area (Å²) in [7, 11) is 3.92. The second-order valence-electron chi connectivity index (χ2n) is 3.94. The Hall–Kier alpha value is 1.56. The van der Waals surface area contributed by atoms with E-state index < -0.39 is 0 Å². The van der Waals surface area contributed by atoms with Crippen LogP contribution in [0.25, 0.3) is 0 Å². The molecule has 1 heterocycles. The zero-order valence-electron chi connectivity index (χ0n) is 9.25. The quantitative estimate of drug-likeness (QED) is 0.433. The predicted octanol–water partition coefficient (Wildman–Crippen LogP) is -1.08. The summed E-state index contributed by atoms with van der Waals surface area (Å²) in [5.41, 5.74) is 0. The van der Waals surface area contributed by atoms with Crippen molar-refractivity contribution < 1.29 is 56.1 Å². The van der Waals surface area contributed by atoms with Crippen LogP contribution in [0.4, 0.5) is 0 Å². The zero-order chi connectivity index (χ0) is 8.97. The van der Waals surface area contributed by atoms with Gasteiger partial charge in [-0.25, -0.2) is 0 Å². The Morgan fingerprint density at radius 1 is 1.38 bits per heavy atom. The van der Waals surface area contributed by atoms with Gasteiger partial charge >= 0.3 is 51.4 Å². The van der Waals surface area contributed by atoms with Crippen LogP contribution in [0.3, 0.4) is 0 Å². The van der Waals surface area contributed by atoms with E-state index in [0.717, 1.165) is 25.6 Å². The van der Waals surface area contributed by atoms with Gasteiger partial charge in [-0.15, -0.1) is 0 Å². The molecule has 0 aromatic heterocycles. The first-order valence-electron chi connectivity index (χ1n) is 4.85. The number of hydrogen-bond donors (Lipinski definition) is 0. The number of nitrogens with zero attached hydrogens (tertiary/aromatic N) is 1. The van der Waals surface area contributed by atoms with Gasteiger partial charge in [-0.05, 0) is 45.7 Å². The van der Waals surface area contributed by atoms with Crippen LogP contribution in [0, 0.1) is 13.0 Å². The summed E-state index contributed by atoms with van der Waals surface area (Å²) in [6.45, 7) is 7.39.